The molecular formula is C18H31NO4. The third-order valence-corrected chi connectivity index (χ3v) is 5.56. The molecule has 1 aliphatic heterocycles. The Morgan fingerprint density at radius 3 is 2.48 bits per heavy atom. The van der Waals surface area contributed by atoms with Gasteiger partial charge in [0.25, 0.3) is 0 Å². The van der Waals surface area contributed by atoms with Crippen molar-refractivity contribution >= 4 is 11.9 Å². The fourth-order valence-electron chi connectivity index (χ4n) is 4.13. The quantitative estimate of drug-likeness (QED) is 0.781. The average Bonchev–Trinajstić information content (AvgIpc) is 2.95. The van der Waals surface area contributed by atoms with Crippen LogP contribution in [0.15, 0.2) is 0 Å². The molecule has 0 aromatic carbocycles. The van der Waals surface area contributed by atoms with Gasteiger partial charge in [-0.2, -0.15) is 0 Å². The van der Waals surface area contributed by atoms with Crippen LogP contribution in [-0.4, -0.2) is 47.7 Å². The Morgan fingerprint density at radius 2 is 1.91 bits per heavy atom. The number of rotatable bonds is 7. The van der Waals surface area contributed by atoms with Crippen LogP contribution in [0.25, 0.3) is 0 Å². The fraction of sp³-hybridized carbons (Fsp3) is 0.889. The normalized spacial score (nSPS) is 31.3. The number of hydrogen-bond donors (Lipinski definition) is 1. The first-order valence-corrected chi connectivity index (χ1v) is 9.10. The molecule has 0 aromatic heterocycles. The van der Waals surface area contributed by atoms with Crippen molar-refractivity contribution < 1.29 is 19.4 Å². The molecule has 0 spiro atoms. The summed E-state index contributed by atoms with van der Waals surface area (Å²) in [5.74, 6) is 0.177. The van der Waals surface area contributed by atoms with Gasteiger partial charge in [-0.15, -0.1) is 0 Å². The molecule has 0 radical (unpaired) electrons. The number of likely N-dealkylation sites (tertiary alicyclic amines) is 1. The average molecular weight is 325 g/mol. The van der Waals surface area contributed by atoms with Crippen molar-refractivity contribution in [3.8, 4) is 0 Å². The van der Waals surface area contributed by atoms with Crippen LogP contribution in [0.3, 0.4) is 0 Å². The molecule has 5 nitrogen and oxygen atoms in total. The fourth-order valence-corrected chi connectivity index (χ4v) is 4.13. The molecule has 132 valence electrons. The van der Waals surface area contributed by atoms with Gasteiger partial charge in [0, 0.05) is 25.6 Å². The van der Waals surface area contributed by atoms with Crippen LogP contribution in [0.5, 0.6) is 0 Å². The van der Waals surface area contributed by atoms with Gasteiger partial charge in [0.05, 0.1) is 12.5 Å². The first-order chi connectivity index (χ1) is 11.0. The largest absolute Gasteiger partial charge is 0.481 e. The number of carboxylic acids is 1. The highest BCUT2D eigenvalue weighted by molar-refractivity contribution is 5.80. The number of hydrogen-bond acceptors (Lipinski definition) is 3. The minimum atomic E-state index is -0.840. The predicted octanol–water partition coefficient (Wildman–Crippen LogP) is 3.07. The molecule has 2 aliphatic rings. The van der Waals surface area contributed by atoms with Crippen LogP contribution in [-0.2, 0) is 14.3 Å². The molecule has 23 heavy (non-hydrogen) atoms. The van der Waals surface area contributed by atoms with E-state index >= 15 is 0 Å². The standard InChI is InChI=1S/C18H31NO4/c1-3-4-5-13-6-8-14(9-7-13)18(22)19-12-16(23-2)10-15(19)11-17(20)21/h13-16H,3-12H2,1-2H3,(H,20,21). The van der Waals surface area contributed by atoms with Gasteiger partial charge >= 0.3 is 5.97 Å². The lowest BCUT2D eigenvalue weighted by atomic mass is 9.79. The van der Waals surface area contributed by atoms with Crippen molar-refractivity contribution in [2.75, 3.05) is 13.7 Å². The number of aliphatic carboxylic acids is 1. The van der Waals surface area contributed by atoms with Crippen molar-refractivity contribution in [3.63, 3.8) is 0 Å². The lowest BCUT2D eigenvalue weighted by Crippen LogP contribution is -2.42. The predicted molar refractivity (Wildman–Crippen MR) is 88.1 cm³/mol. The SMILES string of the molecule is CCCCC1CCC(C(=O)N2CC(OC)CC2CC(=O)O)CC1. The first kappa shape index (κ1) is 18.2. The van der Waals surface area contributed by atoms with Crippen LogP contribution in [0.4, 0.5) is 0 Å². The van der Waals surface area contributed by atoms with Gasteiger partial charge in [0.15, 0.2) is 0 Å². The smallest absolute Gasteiger partial charge is 0.305 e. The second kappa shape index (κ2) is 8.67. The number of methoxy groups -OCH3 is 1. The van der Waals surface area contributed by atoms with Crippen molar-refractivity contribution in [3.05, 3.63) is 0 Å². The zero-order valence-electron chi connectivity index (χ0n) is 14.5. The van der Waals surface area contributed by atoms with E-state index < -0.39 is 5.97 Å². The number of unbranched alkanes of at least 4 members (excludes halogenated alkanes) is 1. The molecule has 0 bridgehead atoms. The van der Waals surface area contributed by atoms with E-state index in [1.807, 2.05) is 0 Å². The van der Waals surface area contributed by atoms with Crippen molar-refractivity contribution in [1.29, 1.82) is 0 Å². The second-order valence-corrected chi connectivity index (χ2v) is 7.20. The monoisotopic (exact) mass is 325 g/mol. The highest BCUT2D eigenvalue weighted by Gasteiger charge is 2.39. The summed E-state index contributed by atoms with van der Waals surface area (Å²) in [6.45, 7) is 2.76. The van der Waals surface area contributed by atoms with Gasteiger partial charge < -0.3 is 14.7 Å². The number of ether oxygens (including phenoxy) is 1. The zero-order chi connectivity index (χ0) is 16.8. The second-order valence-electron chi connectivity index (χ2n) is 7.20. The lowest BCUT2D eigenvalue weighted by molar-refractivity contribution is -0.142. The van der Waals surface area contributed by atoms with Crippen LogP contribution in [0, 0.1) is 11.8 Å². The summed E-state index contributed by atoms with van der Waals surface area (Å²) in [4.78, 5) is 25.7. The molecule has 2 fully saturated rings. The summed E-state index contributed by atoms with van der Waals surface area (Å²) in [5, 5.41) is 9.08. The maximum Gasteiger partial charge on any atom is 0.305 e. The molecule has 1 amide bonds. The topological polar surface area (TPSA) is 66.8 Å². The summed E-state index contributed by atoms with van der Waals surface area (Å²) in [7, 11) is 1.63. The maximum absolute atomic E-state index is 12.9. The minimum absolute atomic E-state index is 0.0239. The van der Waals surface area contributed by atoms with Crippen LogP contribution in [0.2, 0.25) is 0 Å². The number of carbonyl (C=O) groups excluding carboxylic acids is 1. The Morgan fingerprint density at radius 1 is 1.22 bits per heavy atom. The van der Waals surface area contributed by atoms with E-state index in [0.717, 1.165) is 31.6 Å². The molecule has 1 heterocycles. The van der Waals surface area contributed by atoms with Gasteiger partial charge in [-0.1, -0.05) is 26.2 Å². The summed E-state index contributed by atoms with van der Waals surface area (Å²) in [5.41, 5.74) is 0. The molecular weight excluding hydrogens is 294 g/mol. The van der Waals surface area contributed by atoms with Crippen molar-refractivity contribution in [2.24, 2.45) is 11.8 Å². The van der Waals surface area contributed by atoms with Gasteiger partial charge in [0.2, 0.25) is 5.91 Å². The van der Waals surface area contributed by atoms with Crippen LogP contribution < -0.4 is 0 Å². The summed E-state index contributed by atoms with van der Waals surface area (Å²) in [6, 6.07) is -0.206. The molecule has 1 N–H and O–H groups in total. The van der Waals surface area contributed by atoms with Crippen molar-refractivity contribution in [1.82, 2.24) is 4.90 Å². The van der Waals surface area contributed by atoms with E-state index in [-0.39, 0.29) is 30.4 Å². The molecule has 0 aromatic rings. The van der Waals surface area contributed by atoms with Crippen molar-refractivity contribution in [2.45, 2.75) is 76.9 Å². The summed E-state index contributed by atoms with van der Waals surface area (Å²) < 4.78 is 5.37. The number of amides is 1. The summed E-state index contributed by atoms with van der Waals surface area (Å²) in [6.07, 6.45) is 8.65. The number of carboxylic acid groups (broad SMARTS) is 1. The Hall–Kier alpha value is -1.10. The molecule has 2 atom stereocenters. The van der Waals surface area contributed by atoms with Crippen LogP contribution in [0.1, 0.15) is 64.7 Å². The Kier molecular flexibility index (Phi) is 6.88. The molecule has 5 heteroatoms. The zero-order valence-corrected chi connectivity index (χ0v) is 14.5. The van der Waals surface area contributed by atoms with Gasteiger partial charge in [-0.25, -0.2) is 0 Å². The van der Waals surface area contributed by atoms with Gasteiger partial charge in [0.1, 0.15) is 0 Å². The third kappa shape index (κ3) is 4.93. The first-order valence-electron chi connectivity index (χ1n) is 9.10. The third-order valence-electron chi connectivity index (χ3n) is 5.56. The van der Waals surface area contributed by atoms with Gasteiger partial charge in [-0.05, 0) is 38.0 Å². The molecule has 1 saturated carbocycles. The Labute approximate surface area is 139 Å². The summed E-state index contributed by atoms with van der Waals surface area (Å²) >= 11 is 0. The lowest BCUT2D eigenvalue weighted by Gasteiger charge is -2.32. The van der Waals surface area contributed by atoms with E-state index in [0.29, 0.717) is 13.0 Å². The van der Waals surface area contributed by atoms with E-state index in [9.17, 15) is 9.59 Å². The molecule has 1 saturated heterocycles. The number of carbonyl (C=O) groups is 2. The van der Waals surface area contributed by atoms with Crippen LogP contribution >= 0.6 is 0 Å². The van der Waals surface area contributed by atoms with E-state index in [1.165, 1.54) is 19.3 Å². The van der Waals surface area contributed by atoms with E-state index in [1.54, 1.807) is 12.0 Å². The maximum atomic E-state index is 12.9. The minimum Gasteiger partial charge on any atom is -0.481 e. The van der Waals surface area contributed by atoms with E-state index in [2.05, 4.69) is 6.92 Å². The van der Waals surface area contributed by atoms with E-state index in [4.69, 9.17) is 9.84 Å². The molecule has 2 rings (SSSR count). The Balaban J connectivity index is 1.89. The highest BCUT2D eigenvalue weighted by Crippen LogP contribution is 2.35. The number of nitrogens with zero attached hydrogens (tertiary/aromatic N) is 1. The highest BCUT2D eigenvalue weighted by atomic mass is 16.5. The Bertz CT molecular complexity index is 404. The molecule has 1 aliphatic carbocycles. The molecule has 2 unspecified atom stereocenters. The van der Waals surface area contributed by atoms with Gasteiger partial charge in [-0.3, -0.25) is 9.59 Å².